The molecule has 4 nitrogen and oxygen atoms in total. The summed E-state index contributed by atoms with van der Waals surface area (Å²) in [5.41, 5.74) is -0.869. The van der Waals surface area contributed by atoms with Gasteiger partial charge >= 0.3 is 7.82 Å². The first-order valence-corrected chi connectivity index (χ1v) is 12.1. The van der Waals surface area contributed by atoms with Crippen LogP contribution in [0, 0.1) is 5.41 Å². The van der Waals surface area contributed by atoms with Gasteiger partial charge in [-0.1, -0.05) is 29.8 Å². The van der Waals surface area contributed by atoms with E-state index in [0.29, 0.717) is 25.7 Å². The number of hydrogen-bond acceptors (Lipinski definition) is 2. The van der Waals surface area contributed by atoms with Crippen LogP contribution in [-0.4, -0.2) is 27.2 Å². The predicted octanol–water partition coefficient (Wildman–Crippen LogP) is 6.87. The van der Waals surface area contributed by atoms with Gasteiger partial charge in [0.15, 0.2) is 3.42 Å². The fourth-order valence-corrected chi connectivity index (χ4v) is 6.07. The number of halogens is 7. The number of phosphoric ester groups is 1. The molecular weight excluding hydrogens is 609 g/mol. The zero-order chi connectivity index (χ0) is 18.7. The van der Waals surface area contributed by atoms with Crippen molar-refractivity contribution in [1.82, 2.24) is 0 Å². The van der Waals surface area contributed by atoms with Gasteiger partial charge in [0.2, 0.25) is 0 Å². The van der Waals surface area contributed by atoms with Crippen molar-refractivity contribution >= 4 is 102 Å². The summed E-state index contributed by atoms with van der Waals surface area (Å²) in [7, 11) is -4.75. The minimum atomic E-state index is -4.75. The fraction of sp³-hybridized carbons (Fsp3) is 1.00. The third kappa shape index (κ3) is 8.50. The Bertz CT molecular complexity index is 419. The number of hydrogen-bond donors (Lipinski definition) is 2. The molecule has 0 saturated carbocycles. The van der Waals surface area contributed by atoms with Crippen LogP contribution in [0.2, 0.25) is 0 Å². The van der Waals surface area contributed by atoms with Crippen LogP contribution in [0.5, 0.6) is 0 Å². The van der Waals surface area contributed by atoms with Gasteiger partial charge in [0.25, 0.3) is 0 Å². The highest BCUT2D eigenvalue weighted by Gasteiger charge is 2.57. The van der Waals surface area contributed by atoms with Crippen molar-refractivity contribution in [2.45, 2.75) is 56.9 Å². The minimum Gasteiger partial charge on any atom is -0.303 e. The SMILES string of the molecule is CC(C)(C(Br)(CCC(Cl)Cl)CCC(Cl)Cl)C(Br)(Br)OP(=O)(O)O. The monoisotopic (exact) mass is 622 g/mol. The van der Waals surface area contributed by atoms with Gasteiger partial charge in [-0.05, 0) is 57.5 Å². The van der Waals surface area contributed by atoms with Crippen molar-refractivity contribution in [3.63, 3.8) is 0 Å². The van der Waals surface area contributed by atoms with E-state index in [-0.39, 0.29) is 0 Å². The van der Waals surface area contributed by atoms with Crippen LogP contribution >= 0.6 is 102 Å². The van der Waals surface area contributed by atoms with Gasteiger partial charge < -0.3 is 9.79 Å². The highest BCUT2D eigenvalue weighted by Crippen LogP contribution is 2.62. The minimum absolute atomic E-state index is 0.457. The van der Waals surface area contributed by atoms with Crippen LogP contribution in [0.3, 0.4) is 0 Å². The fourth-order valence-electron chi connectivity index (χ4n) is 1.95. The van der Waals surface area contributed by atoms with Crippen LogP contribution in [0.1, 0.15) is 39.5 Å². The van der Waals surface area contributed by atoms with Crippen molar-refractivity contribution in [3.05, 3.63) is 0 Å². The summed E-state index contributed by atoms with van der Waals surface area (Å²) in [6.45, 7) is 3.55. The molecule has 0 amide bonds. The van der Waals surface area contributed by atoms with E-state index in [1.165, 1.54) is 0 Å². The predicted molar refractivity (Wildman–Crippen MR) is 109 cm³/mol. The van der Waals surface area contributed by atoms with Crippen LogP contribution in [-0.2, 0) is 9.09 Å². The molecule has 140 valence electrons. The summed E-state index contributed by atoms with van der Waals surface area (Å²) in [5.74, 6) is 0. The van der Waals surface area contributed by atoms with Gasteiger partial charge in [-0.3, -0.25) is 4.52 Å². The van der Waals surface area contributed by atoms with E-state index in [1.807, 2.05) is 0 Å². The summed E-state index contributed by atoms with van der Waals surface area (Å²) < 4.78 is 14.0. The lowest BCUT2D eigenvalue weighted by Crippen LogP contribution is -2.51. The normalized spacial score (nSPS) is 14.8. The maximum atomic E-state index is 11.3. The van der Waals surface area contributed by atoms with Crippen molar-refractivity contribution in [2.24, 2.45) is 5.41 Å². The number of alkyl halides is 7. The smallest absolute Gasteiger partial charge is 0.303 e. The molecule has 0 spiro atoms. The Morgan fingerprint density at radius 3 is 1.61 bits per heavy atom. The van der Waals surface area contributed by atoms with Gasteiger partial charge in [-0.25, -0.2) is 4.57 Å². The van der Waals surface area contributed by atoms with Crippen LogP contribution < -0.4 is 0 Å². The Morgan fingerprint density at radius 1 is 1.00 bits per heavy atom. The van der Waals surface area contributed by atoms with Crippen molar-refractivity contribution in [3.8, 4) is 0 Å². The molecule has 0 unspecified atom stereocenters. The van der Waals surface area contributed by atoms with E-state index in [9.17, 15) is 4.57 Å². The van der Waals surface area contributed by atoms with E-state index in [4.69, 9.17) is 60.7 Å². The first-order chi connectivity index (χ1) is 10.0. The summed E-state index contributed by atoms with van der Waals surface area (Å²) in [6.07, 6.45) is 1.92. The van der Waals surface area contributed by atoms with Gasteiger partial charge in [0.05, 0.1) is 0 Å². The number of rotatable bonds is 10. The van der Waals surface area contributed by atoms with Crippen molar-refractivity contribution in [1.29, 1.82) is 0 Å². The maximum absolute atomic E-state index is 11.3. The standard InChI is InChI=1S/C11H18Br3Cl4O4P/c1-9(2,11(13,14)22-23(19,20)21)10(12,5-3-7(15)16)6-4-8(17)18/h7-8H,3-6H2,1-2H3,(H2,19,20,21). The Balaban J connectivity index is 5.58. The molecule has 0 saturated heterocycles. The molecule has 2 N–H and O–H groups in total. The zero-order valence-corrected chi connectivity index (χ0v) is 21.0. The van der Waals surface area contributed by atoms with Gasteiger partial charge in [-0.15, -0.1) is 46.4 Å². The average molecular weight is 627 g/mol. The van der Waals surface area contributed by atoms with Crippen molar-refractivity contribution in [2.75, 3.05) is 0 Å². The molecule has 0 bridgehead atoms. The Labute approximate surface area is 181 Å². The molecule has 0 aliphatic heterocycles. The lowest BCUT2D eigenvalue weighted by atomic mass is 9.74. The van der Waals surface area contributed by atoms with Gasteiger partial charge in [0.1, 0.15) is 9.67 Å². The molecule has 0 radical (unpaired) electrons. The van der Waals surface area contributed by atoms with Crippen LogP contribution in [0.4, 0.5) is 0 Å². The van der Waals surface area contributed by atoms with Gasteiger partial charge in [-0.2, -0.15) is 0 Å². The third-order valence-corrected chi connectivity index (χ3v) is 9.57. The molecule has 0 aliphatic carbocycles. The molecule has 0 aliphatic rings. The molecule has 0 atom stereocenters. The topological polar surface area (TPSA) is 66.8 Å². The van der Waals surface area contributed by atoms with E-state index >= 15 is 0 Å². The highest BCUT2D eigenvalue weighted by molar-refractivity contribution is 9.25. The van der Waals surface area contributed by atoms with Gasteiger partial charge in [0, 0.05) is 9.74 Å². The van der Waals surface area contributed by atoms with E-state index in [2.05, 4.69) is 47.8 Å². The second-order valence-electron chi connectivity index (χ2n) is 5.55. The maximum Gasteiger partial charge on any atom is 0.471 e. The Hall–Kier alpha value is 2.71. The molecule has 0 heterocycles. The number of phosphoric acid groups is 1. The molecule has 0 fully saturated rings. The van der Waals surface area contributed by atoms with E-state index in [0.717, 1.165) is 0 Å². The molecule has 0 rings (SSSR count). The van der Waals surface area contributed by atoms with E-state index in [1.54, 1.807) is 13.8 Å². The molecule has 0 aromatic carbocycles. The second kappa shape index (κ2) is 9.77. The Kier molecular flexibility index (Phi) is 10.9. The second-order valence-corrected chi connectivity index (χ2v) is 14.1. The molecule has 12 heteroatoms. The summed E-state index contributed by atoms with van der Waals surface area (Å²) in [4.78, 5) is 17.1. The molecule has 23 heavy (non-hydrogen) atoms. The van der Waals surface area contributed by atoms with Crippen LogP contribution in [0.25, 0.3) is 0 Å². The lowest BCUT2D eigenvalue weighted by Gasteiger charge is -2.49. The highest BCUT2D eigenvalue weighted by atomic mass is 79.9. The first kappa shape index (κ1) is 25.7. The molecule has 0 aromatic heterocycles. The lowest BCUT2D eigenvalue weighted by molar-refractivity contribution is 0.0574. The van der Waals surface area contributed by atoms with Crippen molar-refractivity contribution < 1.29 is 18.9 Å². The third-order valence-electron chi connectivity index (χ3n) is 3.60. The Morgan fingerprint density at radius 2 is 1.35 bits per heavy atom. The summed E-state index contributed by atoms with van der Waals surface area (Å²) in [6, 6.07) is 0. The molecular formula is C11H18Br3Cl4O4P. The quantitative estimate of drug-likeness (QED) is 0.205. The summed E-state index contributed by atoms with van der Waals surface area (Å²) in [5, 5.41) is 0. The van der Waals surface area contributed by atoms with Crippen LogP contribution in [0.15, 0.2) is 0 Å². The first-order valence-electron chi connectivity index (χ1n) is 6.43. The zero-order valence-electron chi connectivity index (χ0n) is 12.3. The average Bonchev–Trinajstić information content (AvgIpc) is 2.30. The molecule has 0 aromatic rings. The summed E-state index contributed by atoms with van der Waals surface area (Å²) >= 11 is 33.5. The largest absolute Gasteiger partial charge is 0.471 e. The van der Waals surface area contributed by atoms with E-state index < -0.39 is 30.7 Å².